The Balaban J connectivity index is 0.00000103. The maximum absolute atomic E-state index is 13.2. The van der Waals surface area contributed by atoms with Crippen molar-refractivity contribution in [1.29, 1.82) is 0 Å². The predicted molar refractivity (Wildman–Crippen MR) is 169 cm³/mol. The molecule has 0 aromatic heterocycles. The topological polar surface area (TPSA) is 29.1 Å². The molecule has 0 atom stereocenters. The first kappa shape index (κ1) is 28.5. The van der Waals surface area contributed by atoms with Crippen LogP contribution in [0.3, 0.4) is 0 Å². The van der Waals surface area contributed by atoms with Gasteiger partial charge < -0.3 is 5.32 Å². The molecule has 0 aliphatic carbocycles. The SMILES string of the molecule is O=C(NCc1c2ccccc2cc2ccccc12)c1ccc(P(c2ccccc2)c2ccccc2)cc1.[Cl][Pd][Cl]. The summed E-state index contributed by atoms with van der Waals surface area (Å²) in [5.41, 5.74) is 1.82. The van der Waals surface area contributed by atoms with E-state index in [-0.39, 0.29) is 21.8 Å². The third-order valence-corrected chi connectivity index (χ3v) is 9.17. The van der Waals surface area contributed by atoms with Crippen molar-refractivity contribution in [3.63, 3.8) is 0 Å². The van der Waals surface area contributed by atoms with Gasteiger partial charge >= 0.3 is 35.0 Å². The van der Waals surface area contributed by atoms with E-state index in [1.165, 1.54) is 37.5 Å². The monoisotopic (exact) mass is 671 g/mol. The van der Waals surface area contributed by atoms with Crippen LogP contribution in [0.5, 0.6) is 0 Å². The number of rotatable bonds is 6. The van der Waals surface area contributed by atoms with Gasteiger partial charge in [-0.25, -0.2) is 0 Å². The summed E-state index contributed by atoms with van der Waals surface area (Å²) in [6, 6.07) is 48.3. The summed E-state index contributed by atoms with van der Waals surface area (Å²) in [4.78, 5) is 13.2. The number of hydrogen-bond donors (Lipinski definition) is 1. The molecule has 1 N–H and O–H groups in total. The fourth-order valence-electron chi connectivity index (χ4n) is 4.93. The number of amides is 1. The molecule has 1 amide bonds. The van der Waals surface area contributed by atoms with E-state index < -0.39 is 7.92 Å². The van der Waals surface area contributed by atoms with E-state index in [0.29, 0.717) is 12.1 Å². The second-order valence-corrected chi connectivity index (χ2v) is 13.7. The van der Waals surface area contributed by atoms with Crippen molar-refractivity contribution < 1.29 is 20.7 Å². The second-order valence-electron chi connectivity index (χ2n) is 9.08. The minimum atomic E-state index is -0.693. The van der Waals surface area contributed by atoms with Crippen LogP contribution in [-0.4, -0.2) is 5.91 Å². The van der Waals surface area contributed by atoms with Gasteiger partial charge in [-0.2, -0.15) is 0 Å². The van der Waals surface area contributed by atoms with Gasteiger partial charge in [0.05, 0.1) is 0 Å². The predicted octanol–water partition coefficient (Wildman–Crippen LogP) is 8.06. The number of carbonyl (C=O) groups excluding carboxylic acids is 1. The third-order valence-electron chi connectivity index (χ3n) is 6.73. The van der Waals surface area contributed by atoms with Crippen LogP contribution in [0, 0.1) is 0 Å². The summed E-state index contributed by atoms with van der Waals surface area (Å²) in [7, 11) is 8.93. The van der Waals surface area contributed by atoms with Gasteiger partial charge in [0.2, 0.25) is 0 Å². The molecule has 0 heterocycles. The molecule has 0 fully saturated rings. The van der Waals surface area contributed by atoms with E-state index in [1.54, 1.807) is 0 Å². The number of benzene rings is 6. The van der Waals surface area contributed by atoms with Crippen molar-refractivity contribution in [3.05, 3.63) is 151 Å². The number of carbonyl (C=O) groups is 1. The Morgan fingerprint density at radius 2 is 1.02 bits per heavy atom. The molecule has 6 aromatic carbocycles. The van der Waals surface area contributed by atoms with Gasteiger partial charge in [0, 0.05) is 12.1 Å². The zero-order chi connectivity index (χ0) is 27.7. The molecule has 0 aliphatic rings. The van der Waals surface area contributed by atoms with Crippen molar-refractivity contribution >= 4 is 70.3 Å². The summed E-state index contributed by atoms with van der Waals surface area (Å²) >= 11 is -0.106. The zero-order valence-corrected chi connectivity index (χ0v) is 25.4. The van der Waals surface area contributed by atoms with Crippen molar-refractivity contribution in [2.75, 3.05) is 0 Å². The number of hydrogen-bond acceptors (Lipinski definition) is 1. The Morgan fingerprint density at radius 3 is 1.52 bits per heavy atom. The molecule has 6 aromatic rings. The van der Waals surface area contributed by atoms with Gasteiger partial charge in [-0.3, -0.25) is 4.79 Å². The van der Waals surface area contributed by atoms with Crippen LogP contribution in [0.25, 0.3) is 21.5 Å². The van der Waals surface area contributed by atoms with Crippen LogP contribution >= 0.6 is 27.0 Å². The molecule has 6 heteroatoms. The van der Waals surface area contributed by atoms with Gasteiger partial charge in [0.25, 0.3) is 5.91 Å². The summed E-state index contributed by atoms with van der Waals surface area (Å²) < 4.78 is 0. The summed E-state index contributed by atoms with van der Waals surface area (Å²) in [5.74, 6) is -0.0627. The number of fused-ring (bicyclic) bond motifs is 2. The van der Waals surface area contributed by atoms with E-state index in [9.17, 15) is 4.79 Å². The maximum atomic E-state index is 13.2. The standard InChI is InChI=1S/C34H26NOP.2ClH.Pd/c36-34(35-24-33-31-17-9-7-11-26(31)23-27-12-8-10-18-32(27)33)25-19-21-30(22-20-25)37(28-13-3-1-4-14-28)29-15-5-2-6-16-29;;;/h1-23H,24H2,(H,35,36);2*1H;/q;;;+2/p-2. The Labute approximate surface area is 252 Å². The first-order valence-corrected chi connectivity index (χ1v) is 18.0. The van der Waals surface area contributed by atoms with Gasteiger partial charge in [-0.1, -0.05) is 121 Å². The van der Waals surface area contributed by atoms with Crippen LogP contribution < -0.4 is 21.2 Å². The minimum absolute atomic E-state index is 0.0627. The molecule has 0 aliphatic heterocycles. The first-order chi connectivity index (χ1) is 19.7. The second kappa shape index (κ2) is 14.1. The van der Waals surface area contributed by atoms with Crippen LogP contribution in [0.15, 0.2) is 140 Å². The molecule has 6 rings (SSSR count). The molecular weight excluding hydrogens is 647 g/mol. The molecule has 0 radical (unpaired) electrons. The summed E-state index contributed by atoms with van der Waals surface area (Å²) in [5, 5.41) is 11.7. The molecule has 0 unspecified atom stereocenters. The van der Waals surface area contributed by atoms with Crippen molar-refractivity contribution in [1.82, 2.24) is 5.32 Å². The summed E-state index contributed by atoms with van der Waals surface area (Å²) in [6.07, 6.45) is 0. The van der Waals surface area contributed by atoms with Crippen LogP contribution in [0.1, 0.15) is 15.9 Å². The Morgan fingerprint density at radius 1 is 0.600 bits per heavy atom. The Hall–Kier alpha value is -3.02. The first-order valence-electron chi connectivity index (χ1n) is 12.7. The molecule has 40 heavy (non-hydrogen) atoms. The molecule has 0 spiro atoms. The fraction of sp³-hybridized carbons (Fsp3) is 0.0294. The molecule has 0 saturated carbocycles. The van der Waals surface area contributed by atoms with Crippen molar-refractivity contribution in [2.45, 2.75) is 6.54 Å². The number of halogens is 2. The zero-order valence-electron chi connectivity index (χ0n) is 21.4. The van der Waals surface area contributed by atoms with Crippen LogP contribution in [-0.2, 0) is 22.5 Å². The Kier molecular flexibility index (Phi) is 10.0. The van der Waals surface area contributed by atoms with E-state index >= 15 is 0 Å². The number of nitrogens with one attached hydrogen (secondary N) is 1. The average Bonchev–Trinajstić information content (AvgIpc) is 3.01. The van der Waals surface area contributed by atoms with Crippen molar-refractivity contribution in [3.8, 4) is 0 Å². The third kappa shape index (κ3) is 6.64. The van der Waals surface area contributed by atoms with Gasteiger partial charge in [0.15, 0.2) is 0 Å². The van der Waals surface area contributed by atoms with Crippen LogP contribution in [0.4, 0.5) is 0 Å². The average molecular weight is 673 g/mol. The van der Waals surface area contributed by atoms with Crippen LogP contribution in [0.2, 0.25) is 0 Å². The molecule has 0 saturated heterocycles. The van der Waals surface area contributed by atoms with E-state index in [2.05, 4.69) is 133 Å². The summed E-state index contributed by atoms with van der Waals surface area (Å²) in [6.45, 7) is 0.475. The van der Waals surface area contributed by atoms with Crippen molar-refractivity contribution in [2.24, 2.45) is 0 Å². The van der Waals surface area contributed by atoms with E-state index in [1.807, 2.05) is 12.1 Å². The van der Waals surface area contributed by atoms with E-state index in [0.717, 1.165) is 5.56 Å². The normalized spacial score (nSPS) is 10.9. The molecular formula is C34H26Cl2NOPPd. The molecule has 0 bridgehead atoms. The quantitative estimate of drug-likeness (QED) is 0.108. The molecule has 202 valence electrons. The Bertz CT molecular complexity index is 1620. The van der Waals surface area contributed by atoms with Gasteiger partial charge in [-0.15, -0.1) is 0 Å². The van der Waals surface area contributed by atoms with Gasteiger partial charge in [-0.05, 0) is 69.1 Å². The fourth-order valence-corrected chi connectivity index (χ4v) is 7.21. The van der Waals surface area contributed by atoms with E-state index in [4.69, 9.17) is 19.1 Å². The van der Waals surface area contributed by atoms with Gasteiger partial charge in [0.1, 0.15) is 0 Å². The molecule has 2 nitrogen and oxygen atoms in total.